The number of rotatable bonds is 34. The molecule has 1 amide bonds. The molecule has 5 atom stereocenters. The summed E-state index contributed by atoms with van der Waals surface area (Å²) in [6, 6.07) is 8.69. The van der Waals surface area contributed by atoms with E-state index >= 15 is 0 Å². The van der Waals surface area contributed by atoms with Crippen molar-refractivity contribution in [1.29, 1.82) is 0 Å². The van der Waals surface area contributed by atoms with Crippen molar-refractivity contribution in [2.24, 2.45) is 0 Å². The molecule has 8 nitrogen and oxygen atoms in total. The Morgan fingerprint density at radius 2 is 1.08 bits per heavy atom. The summed E-state index contributed by atoms with van der Waals surface area (Å²) >= 11 is 0. The Labute approximate surface area is 323 Å². The van der Waals surface area contributed by atoms with Gasteiger partial charge in [-0.05, 0) is 18.4 Å². The third-order valence-electron chi connectivity index (χ3n) is 10.7. The number of nitrogens with one attached hydrogen (secondary N) is 1. The number of benzene rings is 1. The Bertz CT molecular complexity index is 1010. The molecule has 1 aromatic carbocycles. The van der Waals surface area contributed by atoms with Crippen molar-refractivity contribution >= 4 is 11.9 Å². The Hall–Kier alpha value is -2.00. The van der Waals surface area contributed by atoms with Gasteiger partial charge in [0.25, 0.3) is 0 Å². The molecule has 0 aromatic heterocycles. The van der Waals surface area contributed by atoms with Crippen molar-refractivity contribution in [3.8, 4) is 0 Å². The van der Waals surface area contributed by atoms with Crippen molar-refractivity contribution in [1.82, 2.24) is 5.32 Å². The lowest BCUT2D eigenvalue weighted by molar-refractivity contribution is -0.276. The monoisotopic (exact) mass is 746 g/mol. The van der Waals surface area contributed by atoms with Crippen LogP contribution in [-0.2, 0) is 30.4 Å². The molecule has 1 fully saturated rings. The molecule has 3 N–H and O–H groups in total. The molecule has 1 saturated heterocycles. The largest absolute Gasteiger partial charge is 0.457 e. The smallest absolute Gasteiger partial charge is 0.306 e. The number of carbonyl (C=O) groups excluding carboxylic acids is 2. The van der Waals surface area contributed by atoms with Gasteiger partial charge in [-0.25, -0.2) is 0 Å². The van der Waals surface area contributed by atoms with E-state index in [9.17, 15) is 19.8 Å². The highest BCUT2D eigenvalue weighted by molar-refractivity contribution is 5.76. The number of aliphatic hydroxyl groups is 2. The van der Waals surface area contributed by atoms with Gasteiger partial charge in [0.05, 0.1) is 13.2 Å². The SMILES string of the molecule is CCCCCCCCCCCCCCCC(=O)N[C@@H]1[C@@H](OCc2ccccc2)O[C@H](CO)[C@@H](O)[C@@H]1OC(=O)CCCCCCCCCCCCCCC. The van der Waals surface area contributed by atoms with Crippen molar-refractivity contribution in [3.05, 3.63) is 35.9 Å². The predicted octanol–water partition coefficient (Wildman–Crippen LogP) is 10.6. The van der Waals surface area contributed by atoms with Crippen molar-refractivity contribution < 1.29 is 34.0 Å². The van der Waals surface area contributed by atoms with Crippen LogP contribution in [-0.4, -0.2) is 59.3 Å². The Balaban J connectivity index is 1.80. The lowest BCUT2D eigenvalue weighted by Gasteiger charge is -2.43. The van der Waals surface area contributed by atoms with Gasteiger partial charge in [0.2, 0.25) is 5.91 Å². The third kappa shape index (κ3) is 22.9. The quantitative estimate of drug-likeness (QED) is 0.0475. The van der Waals surface area contributed by atoms with Crippen LogP contribution in [0.2, 0.25) is 0 Å². The van der Waals surface area contributed by atoms with Gasteiger partial charge < -0.3 is 29.7 Å². The van der Waals surface area contributed by atoms with Crippen molar-refractivity contribution in [3.63, 3.8) is 0 Å². The van der Waals surface area contributed by atoms with Crippen LogP contribution in [0.1, 0.15) is 199 Å². The van der Waals surface area contributed by atoms with Gasteiger partial charge in [-0.1, -0.05) is 198 Å². The summed E-state index contributed by atoms with van der Waals surface area (Å²) < 4.78 is 18.0. The molecule has 8 heteroatoms. The molecule has 1 aliphatic heterocycles. The highest BCUT2D eigenvalue weighted by atomic mass is 16.7. The standard InChI is InChI=1S/C45H79NO7/c1-3-5-7-9-11-13-15-17-19-21-23-25-30-34-40(48)46-42-44(43(50)39(36-47)52-45(42)51-37-38-32-28-27-29-33-38)53-41(49)35-31-26-24-22-20-18-16-14-12-10-8-6-4-2/h27-29,32-33,39,42-45,47,50H,3-26,30-31,34-37H2,1-2H3,(H,46,48)/t39-,42+,43-,44-,45+/m1/s1. The number of esters is 1. The van der Waals surface area contributed by atoms with E-state index in [1.54, 1.807) is 0 Å². The van der Waals surface area contributed by atoms with Gasteiger partial charge in [0, 0.05) is 12.8 Å². The van der Waals surface area contributed by atoms with Gasteiger partial charge in [-0.15, -0.1) is 0 Å². The van der Waals surface area contributed by atoms with Crippen LogP contribution < -0.4 is 5.32 Å². The molecular weight excluding hydrogens is 666 g/mol. The average Bonchev–Trinajstić information content (AvgIpc) is 3.16. The van der Waals surface area contributed by atoms with Crippen LogP contribution in [0.4, 0.5) is 0 Å². The summed E-state index contributed by atoms with van der Waals surface area (Å²) in [6.07, 6.45) is 27.9. The Kier molecular flexibility index (Phi) is 28.7. The lowest BCUT2D eigenvalue weighted by Crippen LogP contribution is -2.65. The third-order valence-corrected chi connectivity index (χ3v) is 10.7. The van der Waals surface area contributed by atoms with Gasteiger partial charge in [0.1, 0.15) is 18.2 Å². The van der Waals surface area contributed by atoms with Gasteiger partial charge >= 0.3 is 5.97 Å². The van der Waals surface area contributed by atoms with Crippen LogP contribution in [0.15, 0.2) is 30.3 Å². The molecule has 0 saturated carbocycles. The van der Waals surface area contributed by atoms with Crippen LogP contribution in [0.3, 0.4) is 0 Å². The number of hydrogen-bond donors (Lipinski definition) is 3. The first-order valence-corrected chi connectivity index (χ1v) is 22.1. The highest BCUT2D eigenvalue weighted by Crippen LogP contribution is 2.27. The number of ether oxygens (including phenoxy) is 3. The zero-order chi connectivity index (χ0) is 38.2. The molecule has 0 bridgehead atoms. The number of unbranched alkanes of at least 4 members (excludes halogenated alkanes) is 24. The zero-order valence-electron chi connectivity index (χ0n) is 33.9. The minimum absolute atomic E-state index is 0.192. The molecule has 1 aliphatic rings. The fourth-order valence-electron chi connectivity index (χ4n) is 7.32. The maximum atomic E-state index is 13.2. The molecule has 306 valence electrons. The Morgan fingerprint density at radius 3 is 1.53 bits per heavy atom. The lowest BCUT2D eigenvalue weighted by atomic mass is 9.96. The summed E-state index contributed by atoms with van der Waals surface area (Å²) in [4.78, 5) is 26.3. The van der Waals surface area contributed by atoms with Crippen molar-refractivity contribution in [2.45, 2.75) is 231 Å². The fraction of sp³-hybridized carbons (Fsp3) is 0.822. The first-order valence-electron chi connectivity index (χ1n) is 22.1. The molecule has 0 aliphatic carbocycles. The molecule has 1 aromatic rings. The second-order valence-electron chi connectivity index (χ2n) is 15.5. The first-order chi connectivity index (χ1) is 26.0. The average molecular weight is 746 g/mol. The number of aliphatic hydroxyl groups excluding tert-OH is 2. The second-order valence-corrected chi connectivity index (χ2v) is 15.5. The number of carbonyl (C=O) groups is 2. The molecule has 1 heterocycles. The first kappa shape index (κ1) is 47.2. The summed E-state index contributed by atoms with van der Waals surface area (Å²) in [6.45, 7) is 4.24. The van der Waals surface area contributed by atoms with Crippen LogP contribution in [0, 0.1) is 0 Å². The van der Waals surface area contributed by atoms with Gasteiger partial charge in [-0.3, -0.25) is 9.59 Å². The Morgan fingerprint density at radius 1 is 0.642 bits per heavy atom. The molecule has 0 radical (unpaired) electrons. The van der Waals surface area contributed by atoms with Crippen LogP contribution in [0.5, 0.6) is 0 Å². The topological polar surface area (TPSA) is 114 Å². The summed E-state index contributed by atoms with van der Waals surface area (Å²) in [5.41, 5.74) is 0.913. The molecule has 53 heavy (non-hydrogen) atoms. The predicted molar refractivity (Wildman–Crippen MR) is 215 cm³/mol. The van der Waals surface area contributed by atoms with Gasteiger partial charge in [-0.2, -0.15) is 0 Å². The normalized spacial score (nSPS) is 20.0. The minimum Gasteiger partial charge on any atom is -0.457 e. The number of hydrogen-bond acceptors (Lipinski definition) is 7. The molecule has 2 rings (SSSR count). The number of amides is 1. The maximum Gasteiger partial charge on any atom is 0.306 e. The second kappa shape index (κ2) is 32.3. The molecular formula is C45H79NO7. The van der Waals surface area contributed by atoms with Gasteiger partial charge in [0.15, 0.2) is 12.4 Å². The van der Waals surface area contributed by atoms with E-state index in [0.29, 0.717) is 12.8 Å². The minimum atomic E-state index is -1.31. The van der Waals surface area contributed by atoms with Crippen LogP contribution >= 0.6 is 0 Å². The maximum absolute atomic E-state index is 13.2. The molecule has 0 unspecified atom stereocenters. The summed E-state index contributed by atoms with van der Waals surface area (Å²) in [5.74, 6) is -0.615. The van der Waals surface area contributed by atoms with E-state index in [1.165, 1.54) is 128 Å². The zero-order valence-corrected chi connectivity index (χ0v) is 33.9. The van der Waals surface area contributed by atoms with E-state index < -0.39 is 43.2 Å². The van der Waals surface area contributed by atoms with E-state index in [1.807, 2.05) is 30.3 Å². The molecule has 0 spiro atoms. The highest BCUT2D eigenvalue weighted by Gasteiger charge is 2.48. The van der Waals surface area contributed by atoms with E-state index in [0.717, 1.165) is 37.7 Å². The van der Waals surface area contributed by atoms with Crippen molar-refractivity contribution in [2.75, 3.05) is 6.61 Å². The fourth-order valence-corrected chi connectivity index (χ4v) is 7.32. The van der Waals surface area contributed by atoms with E-state index in [2.05, 4.69) is 19.2 Å². The summed E-state index contributed by atoms with van der Waals surface area (Å²) in [7, 11) is 0. The van der Waals surface area contributed by atoms with Crippen LogP contribution in [0.25, 0.3) is 0 Å². The summed E-state index contributed by atoms with van der Waals surface area (Å²) in [5, 5.41) is 24.2. The van der Waals surface area contributed by atoms with E-state index in [4.69, 9.17) is 14.2 Å². The van der Waals surface area contributed by atoms with E-state index in [-0.39, 0.29) is 18.9 Å².